The van der Waals surface area contributed by atoms with Crippen molar-refractivity contribution in [3.8, 4) is 0 Å². The van der Waals surface area contributed by atoms with Crippen molar-refractivity contribution in [3.05, 3.63) is 0 Å². The molecule has 0 amide bonds. The summed E-state index contributed by atoms with van der Waals surface area (Å²) in [7, 11) is 0. The summed E-state index contributed by atoms with van der Waals surface area (Å²) in [5.74, 6) is 0. The summed E-state index contributed by atoms with van der Waals surface area (Å²) in [4.78, 5) is 0. The first kappa shape index (κ1) is 21.5. The Hall–Kier alpha value is 0.170. The van der Waals surface area contributed by atoms with Crippen molar-refractivity contribution in [3.63, 3.8) is 0 Å². The molecule has 1 unspecified atom stereocenters. The lowest BCUT2D eigenvalue weighted by Gasteiger charge is -2.34. The zero-order chi connectivity index (χ0) is 14.6. The summed E-state index contributed by atoms with van der Waals surface area (Å²) in [6, 6.07) is 0. The fraction of sp³-hybridized carbons (Fsp3) is 1.00. The number of ether oxygens (including phenoxy) is 1. The molecule has 19 heavy (non-hydrogen) atoms. The Labute approximate surface area is 125 Å². The Morgan fingerprint density at radius 2 is 1.47 bits per heavy atom. The highest BCUT2D eigenvalue weighted by molar-refractivity contribution is 5.85. The summed E-state index contributed by atoms with van der Waals surface area (Å²) in [5.41, 5.74) is 0.117. The Morgan fingerprint density at radius 3 is 1.84 bits per heavy atom. The quantitative estimate of drug-likeness (QED) is 0.789. The Kier molecular flexibility index (Phi) is 8.84. The molecule has 0 aromatic heterocycles. The molecule has 0 aliphatic rings. The molecule has 0 spiro atoms. The first-order chi connectivity index (χ1) is 7.81. The molecular formula is C15H34ClNO2. The second-order valence-corrected chi connectivity index (χ2v) is 8.08. The molecule has 3 nitrogen and oxygen atoms in total. The van der Waals surface area contributed by atoms with Crippen molar-refractivity contribution in [1.29, 1.82) is 0 Å². The number of aliphatic hydroxyl groups excluding tert-OH is 1. The number of β-amino-alcohol motifs (C(OH)–C–C–N with tert-alkyl or cyclic N) is 1. The molecule has 2 N–H and O–H groups in total. The number of hydrogen-bond donors (Lipinski definition) is 2. The van der Waals surface area contributed by atoms with E-state index >= 15 is 0 Å². The van der Waals surface area contributed by atoms with Crippen LogP contribution in [-0.2, 0) is 4.74 Å². The molecule has 0 radical (unpaired) electrons. The van der Waals surface area contributed by atoms with Crippen LogP contribution in [-0.4, -0.2) is 35.5 Å². The van der Waals surface area contributed by atoms with Gasteiger partial charge in [-0.1, -0.05) is 20.8 Å². The van der Waals surface area contributed by atoms with Gasteiger partial charge in [0.15, 0.2) is 0 Å². The lowest BCUT2D eigenvalue weighted by molar-refractivity contribution is -0.0494. The van der Waals surface area contributed by atoms with Crippen molar-refractivity contribution >= 4 is 12.4 Å². The zero-order valence-corrected chi connectivity index (χ0v) is 14.8. The van der Waals surface area contributed by atoms with Crippen LogP contribution in [0.5, 0.6) is 0 Å². The number of rotatable bonds is 6. The van der Waals surface area contributed by atoms with Gasteiger partial charge in [0.25, 0.3) is 0 Å². The third kappa shape index (κ3) is 14.4. The van der Waals surface area contributed by atoms with E-state index in [1.165, 1.54) is 0 Å². The lowest BCUT2D eigenvalue weighted by Crippen LogP contribution is -2.46. The van der Waals surface area contributed by atoms with E-state index < -0.39 is 6.10 Å². The number of nitrogens with one attached hydrogen (secondary N) is 1. The van der Waals surface area contributed by atoms with Gasteiger partial charge < -0.3 is 15.2 Å². The summed E-state index contributed by atoms with van der Waals surface area (Å²) >= 11 is 0. The Morgan fingerprint density at radius 1 is 1.00 bits per heavy atom. The molecule has 0 aromatic rings. The maximum absolute atomic E-state index is 9.89. The third-order valence-corrected chi connectivity index (χ3v) is 2.50. The van der Waals surface area contributed by atoms with Crippen LogP contribution in [0.2, 0.25) is 0 Å². The topological polar surface area (TPSA) is 41.5 Å². The second kappa shape index (κ2) is 7.82. The maximum Gasteiger partial charge on any atom is 0.0898 e. The molecule has 0 rings (SSSR count). The standard InChI is InChI=1S/C15H33NO2.ClH/c1-13(2,3)11-15(7,8)16-9-12(17)10-18-14(4,5)6;/h12,16-17H,9-11H2,1-8H3;1H. The molecular weight excluding hydrogens is 262 g/mol. The van der Waals surface area contributed by atoms with Gasteiger partial charge in [0, 0.05) is 12.1 Å². The first-order valence-corrected chi connectivity index (χ1v) is 6.88. The van der Waals surface area contributed by atoms with Gasteiger partial charge in [-0.05, 0) is 46.5 Å². The fourth-order valence-corrected chi connectivity index (χ4v) is 2.19. The highest BCUT2D eigenvalue weighted by atomic mass is 35.5. The molecule has 0 aliphatic heterocycles. The fourth-order valence-electron chi connectivity index (χ4n) is 2.19. The number of aliphatic hydroxyl groups is 1. The molecule has 0 bridgehead atoms. The van der Waals surface area contributed by atoms with Crippen molar-refractivity contribution in [2.75, 3.05) is 13.2 Å². The minimum atomic E-state index is -0.455. The predicted octanol–water partition coefficient (Wildman–Crippen LogP) is 3.39. The molecule has 0 aromatic carbocycles. The van der Waals surface area contributed by atoms with Gasteiger partial charge in [0.05, 0.1) is 18.3 Å². The highest BCUT2D eigenvalue weighted by Gasteiger charge is 2.25. The van der Waals surface area contributed by atoms with Gasteiger partial charge in [-0.15, -0.1) is 12.4 Å². The van der Waals surface area contributed by atoms with Gasteiger partial charge in [-0.25, -0.2) is 0 Å². The van der Waals surface area contributed by atoms with Crippen LogP contribution in [0, 0.1) is 5.41 Å². The first-order valence-electron chi connectivity index (χ1n) is 6.88. The molecule has 0 aliphatic carbocycles. The number of hydrogen-bond acceptors (Lipinski definition) is 3. The van der Waals surface area contributed by atoms with E-state index in [9.17, 15) is 5.11 Å². The summed E-state index contributed by atoms with van der Waals surface area (Å²) in [5, 5.41) is 13.3. The molecule has 0 saturated carbocycles. The van der Waals surface area contributed by atoms with Gasteiger partial charge in [0.2, 0.25) is 0 Å². The van der Waals surface area contributed by atoms with Crippen LogP contribution in [0.3, 0.4) is 0 Å². The van der Waals surface area contributed by atoms with Crippen LogP contribution in [0.25, 0.3) is 0 Å². The van der Waals surface area contributed by atoms with E-state index in [2.05, 4.69) is 39.9 Å². The Balaban J connectivity index is 0. The van der Waals surface area contributed by atoms with Crippen molar-refractivity contribution < 1.29 is 9.84 Å². The van der Waals surface area contributed by atoms with Gasteiger partial charge in [0.1, 0.15) is 0 Å². The van der Waals surface area contributed by atoms with Crippen molar-refractivity contribution in [2.45, 2.75) is 79.1 Å². The molecule has 0 heterocycles. The highest BCUT2D eigenvalue weighted by Crippen LogP contribution is 2.26. The maximum atomic E-state index is 9.89. The van der Waals surface area contributed by atoms with Gasteiger partial charge in [-0.2, -0.15) is 0 Å². The van der Waals surface area contributed by atoms with Crippen LogP contribution >= 0.6 is 12.4 Å². The van der Waals surface area contributed by atoms with E-state index in [0.29, 0.717) is 13.2 Å². The second-order valence-electron chi connectivity index (χ2n) is 8.08. The lowest BCUT2D eigenvalue weighted by atomic mass is 9.82. The molecule has 0 saturated heterocycles. The summed E-state index contributed by atoms with van der Waals surface area (Å²) < 4.78 is 5.57. The summed E-state index contributed by atoms with van der Waals surface area (Å²) in [6.45, 7) is 18.0. The molecule has 118 valence electrons. The van der Waals surface area contributed by atoms with E-state index in [4.69, 9.17) is 4.74 Å². The van der Waals surface area contributed by atoms with Crippen LogP contribution in [0.1, 0.15) is 61.8 Å². The van der Waals surface area contributed by atoms with Gasteiger partial charge in [-0.3, -0.25) is 0 Å². The zero-order valence-electron chi connectivity index (χ0n) is 14.0. The minimum Gasteiger partial charge on any atom is -0.389 e. The summed E-state index contributed by atoms with van der Waals surface area (Å²) in [6.07, 6.45) is 0.607. The van der Waals surface area contributed by atoms with Crippen molar-refractivity contribution in [1.82, 2.24) is 5.32 Å². The smallest absolute Gasteiger partial charge is 0.0898 e. The molecule has 1 atom stereocenters. The molecule has 0 fully saturated rings. The number of halogens is 1. The SMILES string of the molecule is CC(C)(C)CC(C)(C)NCC(O)COC(C)(C)C.Cl. The average Bonchev–Trinajstić information content (AvgIpc) is 2.06. The monoisotopic (exact) mass is 295 g/mol. The predicted molar refractivity (Wildman–Crippen MR) is 85.1 cm³/mol. The Bertz CT molecular complexity index is 242. The van der Waals surface area contributed by atoms with E-state index in [1.807, 2.05) is 20.8 Å². The van der Waals surface area contributed by atoms with Crippen molar-refractivity contribution in [2.24, 2.45) is 5.41 Å². The van der Waals surface area contributed by atoms with Crippen LogP contribution in [0.4, 0.5) is 0 Å². The van der Waals surface area contributed by atoms with E-state index in [1.54, 1.807) is 0 Å². The largest absolute Gasteiger partial charge is 0.389 e. The minimum absolute atomic E-state index is 0. The third-order valence-electron chi connectivity index (χ3n) is 2.50. The van der Waals surface area contributed by atoms with E-state index in [-0.39, 0.29) is 29.0 Å². The normalized spacial score (nSPS) is 15.0. The van der Waals surface area contributed by atoms with Crippen LogP contribution < -0.4 is 5.32 Å². The average molecular weight is 296 g/mol. The van der Waals surface area contributed by atoms with Gasteiger partial charge >= 0.3 is 0 Å². The molecule has 4 heteroatoms. The van der Waals surface area contributed by atoms with Crippen LogP contribution in [0.15, 0.2) is 0 Å². The van der Waals surface area contributed by atoms with E-state index in [0.717, 1.165) is 6.42 Å².